The molecule has 20 heavy (non-hydrogen) atoms. The molecule has 0 saturated carbocycles. The van der Waals surface area contributed by atoms with Gasteiger partial charge in [0.15, 0.2) is 5.84 Å². The third-order valence-corrected chi connectivity index (χ3v) is 2.30. The molecule has 0 saturated heterocycles. The Hall–Kier alpha value is -2.21. The van der Waals surface area contributed by atoms with Crippen molar-refractivity contribution < 1.29 is 9.53 Å². The molecule has 6 nitrogen and oxygen atoms in total. The summed E-state index contributed by atoms with van der Waals surface area (Å²) in [4.78, 5) is 14.7. The van der Waals surface area contributed by atoms with Gasteiger partial charge in [-0.3, -0.25) is 10.2 Å². The second-order valence-corrected chi connectivity index (χ2v) is 4.67. The molecule has 1 amide bonds. The number of nitrogens with two attached hydrogens (primary N) is 1. The van der Waals surface area contributed by atoms with Crippen molar-refractivity contribution in [1.29, 1.82) is 5.41 Å². The average Bonchev–Trinajstić information content (AvgIpc) is 2.36. The molecule has 0 radical (unpaired) electrons. The van der Waals surface area contributed by atoms with Gasteiger partial charge in [0, 0.05) is 17.3 Å². The number of hydrogen-bond acceptors (Lipinski definition) is 4. The Morgan fingerprint density at radius 1 is 1.55 bits per heavy atom. The maximum absolute atomic E-state index is 10.7. The second-order valence-electron chi connectivity index (χ2n) is 4.67. The predicted octanol–water partition coefficient (Wildman–Crippen LogP) is 1.79. The number of benzene rings is 1. The molecule has 0 aliphatic heterocycles. The molecule has 0 aliphatic carbocycles. The van der Waals surface area contributed by atoms with E-state index in [0.29, 0.717) is 30.0 Å². The van der Waals surface area contributed by atoms with Crippen LogP contribution < -0.4 is 15.8 Å². The molecule has 108 valence electrons. The highest BCUT2D eigenvalue weighted by atomic mass is 16.5. The first kappa shape index (κ1) is 15.8. The van der Waals surface area contributed by atoms with Crippen molar-refractivity contribution in [3.05, 3.63) is 23.8 Å². The van der Waals surface area contributed by atoms with Crippen LogP contribution in [0.25, 0.3) is 0 Å². The van der Waals surface area contributed by atoms with Crippen LogP contribution in [0.2, 0.25) is 0 Å². The Morgan fingerprint density at radius 3 is 2.80 bits per heavy atom. The van der Waals surface area contributed by atoms with E-state index in [1.165, 1.54) is 0 Å². The first-order valence-electron chi connectivity index (χ1n) is 6.27. The van der Waals surface area contributed by atoms with Gasteiger partial charge in [-0.05, 0) is 39.0 Å². The van der Waals surface area contributed by atoms with Crippen LogP contribution in [0.1, 0.15) is 26.3 Å². The van der Waals surface area contributed by atoms with Gasteiger partial charge in [-0.2, -0.15) is 0 Å². The first-order chi connectivity index (χ1) is 9.43. The van der Waals surface area contributed by atoms with Crippen molar-refractivity contribution in [2.24, 2.45) is 10.7 Å². The number of hydrogen-bond donors (Lipinski definition) is 3. The van der Waals surface area contributed by atoms with E-state index < -0.39 is 0 Å². The van der Waals surface area contributed by atoms with Crippen molar-refractivity contribution in [3.63, 3.8) is 0 Å². The zero-order chi connectivity index (χ0) is 15.1. The average molecular weight is 276 g/mol. The largest absolute Gasteiger partial charge is 0.490 e. The number of rotatable bonds is 6. The Bertz CT molecular complexity index is 520. The van der Waals surface area contributed by atoms with E-state index in [9.17, 15) is 4.79 Å². The number of ether oxygens (including phenoxy) is 1. The van der Waals surface area contributed by atoms with Crippen molar-refractivity contribution in [2.75, 3.05) is 11.9 Å². The molecular formula is C14H20N4O2. The minimum atomic E-state index is -0.107. The number of amidine groups is 1. The van der Waals surface area contributed by atoms with Crippen LogP contribution in [0, 0.1) is 5.41 Å². The Morgan fingerprint density at radius 2 is 2.25 bits per heavy atom. The van der Waals surface area contributed by atoms with E-state index in [-0.39, 0.29) is 11.9 Å². The van der Waals surface area contributed by atoms with Gasteiger partial charge in [0.1, 0.15) is 12.4 Å². The van der Waals surface area contributed by atoms with Crippen LogP contribution in [0.5, 0.6) is 5.75 Å². The van der Waals surface area contributed by atoms with Gasteiger partial charge in [-0.15, -0.1) is 0 Å². The summed E-state index contributed by atoms with van der Waals surface area (Å²) in [6.07, 6.45) is 0.565. The molecule has 1 aromatic rings. The van der Waals surface area contributed by atoms with Gasteiger partial charge in [-0.25, -0.2) is 4.99 Å². The molecule has 6 heteroatoms. The van der Waals surface area contributed by atoms with Crippen molar-refractivity contribution in [2.45, 2.75) is 26.8 Å². The molecule has 1 atom stereocenters. The Balaban J connectivity index is 3.02. The van der Waals surface area contributed by atoms with E-state index in [2.05, 4.69) is 10.3 Å². The molecule has 0 unspecified atom stereocenters. The minimum absolute atomic E-state index is 0.107. The van der Waals surface area contributed by atoms with E-state index in [1.54, 1.807) is 18.2 Å². The van der Waals surface area contributed by atoms with Crippen molar-refractivity contribution in [3.8, 4) is 5.75 Å². The fraction of sp³-hybridized carbons (Fsp3) is 0.357. The van der Waals surface area contributed by atoms with Gasteiger partial charge in [0.2, 0.25) is 6.41 Å². The van der Waals surface area contributed by atoms with E-state index >= 15 is 0 Å². The zero-order valence-corrected chi connectivity index (χ0v) is 11.9. The summed E-state index contributed by atoms with van der Waals surface area (Å²) in [5, 5.41) is 10.4. The number of nitrogens with one attached hydrogen (secondary N) is 2. The highest BCUT2D eigenvalue weighted by Crippen LogP contribution is 2.26. The summed E-state index contributed by atoms with van der Waals surface area (Å²) in [6, 6.07) is 4.96. The number of carbonyl (C=O) groups excluding carboxylic acids is 1. The van der Waals surface area contributed by atoms with Gasteiger partial charge in [0.05, 0.1) is 5.69 Å². The molecule has 0 spiro atoms. The number of amides is 1. The smallest absolute Gasteiger partial charge is 0.211 e. The summed E-state index contributed by atoms with van der Waals surface area (Å²) in [5.41, 5.74) is 7.51. The fourth-order valence-electron chi connectivity index (χ4n) is 1.49. The standard InChI is InChI=1S/C14H20N4O2/c1-9(2)18-14(16)11-4-5-13(20-7-10(3)15)12(6-11)17-8-19/h4-6,8,10,16H,7,15H2,1-3H3,(H,17,19)/t10-/m1/s1. The van der Waals surface area contributed by atoms with E-state index in [1.807, 2.05) is 20.8 Å². The summed E-state index contributed by atoms with van der Waals surface area (Å²) in [5.74, 6) is 0.654. The molecule has 1 aromatic carbocycles. The summed E-state index contributed by atoms with van der Waals surface area (Å²) in [7, 11) is 0. The van der Waals surface area contributed by atoms with Gasteiger partial charge in [0.25, 0.3) is 0 Å². The molecule has 4 N–H and O–H groups in total. The molecule has 0 heterocycles. The van der Waals surface area contributed by atoms with Crippen molar-refractivity contribution in [1.82, 2.24) is 0 Å². The topological polar surface area (TPSA) is 101 Å². The minimum Gasteiger partial charge on any atom is -0.490 e. The molecule has 0 aromatic heterocycles. The highest BCUT2D eigenvalue weighted by molar-refractivity contribution is 6.05. The van der Waals surface area contributed by atoms with E-state index in [0.717, 1.165) is 5.71 Å². The van der Waals surface area contributed by atoms with Crippen LogP contribution in [0.4, 0.5) is 5.69 Å². The second kappa shape index (κ2) is 7.40. The lowest BCUT2D eigenvalue weighted by Crippen LogP contribution is -2.24. The van der Waals surface area contributed by atoms with Crippen LogP contribution in [-0.4, -0.2) is 30.6 Å². The van der Waals surface area contributed by atoms with Gasteiger partial charge >= 0.3 is 0 Å². The third kappa shape index (κ3) is 4.81. The molecule has 0 aliphatic rings. The Kier molecular flexibility index (Phi) is 5.86. The molecule has 0 bridgehead atoms. The van der Waals surface area contributed by atoms with Crippen LogP contribution in [-0.2, 0) is 4.79 Å². The fourth-order valence-corrected chi connectivity index (χ4v) is 1.49. The van der Waals surface area contributed by atoms with Gasteiger partial charge < -0.3 is 15.8 Å². The summed E-state index contributed by atoms with van der Waals surface area (Å²) in [6.45, 7) is 5.81. The summed E-state index contributed by atoms with van der Waals surface area (Å²) < 4.78 is 5.51. The quantitative estimate of drug-likeness (QED) is 0.419. The number of nitrogens with zero attached hydrogens (tertiary/aromatic N) is 1. The summed E-state index contributed by atoms with van der Waals surface area (Å²) >= 11 is 0. The highest BCUT2D eigenvalue weighted by Gasteiger charge is 2.08. The number of anilines is 1. The van der Waals surface area contributed by atoms with Gasteiger partial charge in [-0.1, -0.05) is 0 Å². The number of aliphatic imine (C=N–C) groups is 1. The SMILES string of the molecule is CC(C)=NC(=N)c1ccc(OC[C@@H](C)N)c(NC=O)c1. The maximum atomic E-state index is 10.7. The molecular weight excluding hydrogens is 256 g/mol. The third-order valence-electron chi connectivity index (χ3n) is 2.30. The Labute approximate surface area is 118 Å². The lowest BCUT2D eigenvalue weighted by Gasteiger charge is -2.13. The van der Waals surface area contributed by atoms with Crippen LogP contribution in [0.3, 0.4) is 0 Å². The lowest BCUT2D eigenvalue weighted by molar-refractivity contribution is -0.105. The van der Waals surface area contributed by atoms with E-state index in [4.69, 9.17) is 15.9 Å². The lowest BCUT2D eigenvalue weighted by atomic mass is 10.1. The maximum Gasteiger partial charge on any atom is 0.211 e. The predicted molar refractivity (Wildman–Crippen MR) is 80.9 cm³/mol. The molecule has 1 rings (SSSR count). The molecule has 0 fully saturated rings. The zero-order valence-electron chi connectivity index (χ0n) is 11.9. The van der Waals surface area contributed by atoms with Crippen LogP contribution in [0.15, 0.2) is 23.2 Å². The van der Waals surface area contributed by atoms with Crippen LogP contribution >= 0.6 is 0 Å². The normalized spacial score (nSPS) is 11.4. The van der Waals surface area contributed by atoms with Crippen molar-refractivity contribution >= 4 is 23.6 Å². The first-order valence-corrected chi connectivity index (χ1v) is 6.27. The number of carbonyl (C=O) groups is 1. The monoisotopic (exact) mass is 276 g/mol.